The van der Waals surface area contributed by atoms with Crippen LogP contribution in [0.1, 0.15) is 12.5 Å². The molecule has 0 bridgehead atoms. The molecule has 1 N–H and O–H groups in total. The van der Waals surface area contributed by atoms with Crippen molar-refractivity contribution in [2.24, 2.45) is 0 Å². The van der Waals surface area contributed by atoms with E-state index in [0.29, 0.717) is 28.5 Å². The van der Waals surface area contributed by atoms with Crippen LogP contribution in [0.3, 0.4) is 0 Å². The molecular weight excluding hydrogens is 474 g/mol. The van der Waals surface area contributed by atoms with E-state index in [0.717, 1.165) is 16.7 Å². The molecule has 180 valence electrons. The summed E-state index contributed by atoms with van der Waals surface area (Å²) in [7, 11) is 0. The minimum Gasteiger partial charge on any atom is -0.479 e. The quantitative estimate of drug-likeness (QED) is 0.608. The van der Waals surface area contributed by atoms with Gasteiger partial charge < -0.3 is 19.5 Å². The minimum absolute atomic E-state index is 0.0128. The Hall–Kier alpha value is -3.99. The molecule has 0 aromatic heterocycles. The first-order valence-corrected chi connectivity index (χ1v) is 11.7. The summed E-state index contributed by atoms with van der Waals surface area (Å²) >= 11 is 0.837. The smallest absolute Gasteiger partial charge is 0.293 e. The van der Waals surface area contributed by atoms with Gasteiger partial charge in [-0.2, -0.15) is 0 Å². The Morgan fingerprint density at radius 3 is 2.74 bits per heavy atom. The molecule has 3 heterocycles. The van der Waals surface area contributed by atoms with Gasteiger partial charge in [-0.15, -0.1) is 0 Å². The summed E-state index contributed by atoms with van der Waals surface area (Å²) in [6, 6.07) is 12.2. The second-order valence-corrected chi connectivity index (χ2v) is 8.94. The maximum absolute atomic E-state index is 12.7. The second kappa shape index (κ2) is 9.34. The van der Waals surface area contributed by atoms with E-state index in [4.69, 9.17) is 14.2 Å². The van der Waals surface area contributed by atoms with Crippen LogP contribution in [-0.2, 0) is 14.4 Å². The molecular formula is C24H21N3O7S. The van der Waals surface area contributed by atoms with Gasteiger partial charge in [0.05, 0.1) is 10.6 Å². The lowest BCUT2D eigenvalue weighted by molar-refractivity contribution is -0.128. The number of imide groups is 1. The highest BCUT2D eigenvalue weighted by Crippen LogP contribution is 2.36. The monoisotopic (exact) mass is 495 g/mol. The zero-order valence-corrected chi connectivity index (χ0v) is 19.5. The maximum atomic E-state index is 12.7. The number of fused-ring (bicyclic) bond motifs is 2. The van der Waals surface area contributed by atoms with E-state index in [9.17, 15) is 19.2 Å². The zero-order chi connectivity index (χ0) is 24.5. The predicted molar refractivity (Wildman–Crippen MR) is 127 cm³/mol. The predicted octanol–water partition coefficient (Wildman–Crippen LogP) is 2.38. The van der Waals surface area contributed by atoms with Gasteiger partial charge in [-0.25, -0.2) is 0 Å². The number of ether oxygens (including phenoxy) is 3. The molecule has 35 heavy (non-hydrogen) atoms. The molecule has 1 unspecified atom stereocenters. The van der Waals surface area contributed by atoms with Crippen molar-refractivity contribution in [1.82, 2.24) is 10.2 Å². The largest absolute Gasteiger partial charge is 0.479 e. The molecule has 5 rings (SSSR count). The molecule has 2 aromatic carbocycles. The Morgan fingerprint density at radius 1 is 1.09 bits per heavy atom. The number of para-hydroxylation sites is 2. The van der Waals surface area contributed by atoms with Gasteiger partial charge in [-0.3, -0.25) is 29.0 Å². The first kappa shape index (κ1) is 22.8. The molecule has 0 saturated carbocycles. The average Bonchev–Trinajstić information content (AvgIpc) is 3.41. The fourth-order valence-electron chi connectivity index (χ4n) is 3.88. The van der Waals surface area contributed by atoms with Crippen molar-refractivity contribution in [2.45, 2.75) is 13.0 Å². The molecule has 0 aliphatic carbocycles. The number of nitrogens with zero attached hydrogens (tertiary/aromatic N) is 2. The van der Waals surface area contributed by atoms with E-state index < -0.39 is 23.2 Å². The van der Waals surface area contributed by atoms with Gasteiger partial charge in [-0.05, 0) is 54.6 Å². The van der Waals surface area contributed by atoms with E-state index in [2.05, 4.69) is 5.32 Å². The molecule has 0 radical (unpaired) electrons. The Labute approximate surface area is 204 Å². The van der Waals surface area contributed by atoms with Crippen molar-refractivity contribution in [3.05, 3.63) is 52.9 Å². The van der Waals surface area contributed by atoms with Crippen LogP contribution in [0.15, 0.2) is 47.4 Å². The highest BCUT2D eigenvalue weighted by molar-refractivity contribution is 8.18. The summed E-state index contributed by atoms with van der Waals surface area (Å²) in [6.45, 7) is 1.64. The molecule has 3 aliphatic heterocycles. The standard InChI is InChI=1S/C24H21N3O7S/c1-14-22(29)27(16-4-2-3-5-17(16)34-14)12-21(28)25-8-9-26-23(30)20(35-24(26)31)11-15-6-7-18-19(10-15)33-13-32-18/h2-7,10-11,14H,8-9,12-13H2,1H3,(H,25,28)/b20-11-. The third-order valence-corrected chi connectivity index (χ3v) is 6.51. The first-order valence-electron chi connectivity index (χ1n) is 10.9. The molecule has 2 aromatic rings. The Balaban J connectivity index is 1.17. The van der Waals surface area contributed by atoms with Crippen LogP contribution in [0, 0.1) is 0 Å². The fourth-order valence-corrected chi connectivity index (χ4v) is 4.74. The first-order chi connectivity index (χ1) is 16.9. The number of thioether (sulfide) groups is 1. The molecule has 4 amide bonds. The van der Waals surface area contributed by atoms with Gasteiger partial charge in [0.1, 0.15) is 12.3 Å². The Kier molecular flexibility index (Phi) is 6.08. The van der Waals surface area contributed by atoms with Gasteiger partial charge >= 0.3 is 0 Å². The van der Waals surface area contributed by atoms with Crippen molar-refractivity contribution >= 4 is 46.5 Å². The van der Waals surface area contributed by atoms with E-state index >= 15 is 0 Å². The third kappa shape index (κ3) is 4.54. The summed E-state index contributed by atoms with van der Waals surface area (Å²) in [6.07, 6.45) is 0.915. The number of amides is 4. The maximum Gasteiger partial charge on any atom is 0.293 e. The van der Waals surface area contributed by atoms with Crippen LogP contribution < -0.4 is 24.4 Å². The molecule has 1 fully saturated rings. The van der Waals surface area contributed by atoms with Gasteiger partial charge in [0.15, 0.2) is 17.6 Å². The SMILES string of the molecule is CC1Oc2ccccc2N(CC(=O)NCCN2C(=O)S/C(=C\c3ccc4c(c3)OCO4)C2=O)C1=O. The van der Waals surface area contributed by atoms with Crippen LogP contribution in [0.25, 0.3) is 6.08 Å². The third-order valence-electron chi connectivity index (χ3n) is 5.60. The van der Waals surface area contributed by atoms with Crippen molar-refractivity contribution < 1.29 is 33.4 Å². The normalized spacial score (nSPS) is 19.7. The highest BCUT2D eigenvalue weighted by atomic mass is 32.2. The topological polar surface area (TPSA) is 114 Å². The lowest BCUT2D eigenvalue weighted by Gasteiger charge is -2.32. The number of carbonyl (C=O) groups excluding carboxylic acids is 4. The second-order valence-electron chi connectivity index (χ2n) is 7.95. The van der Waals surface area contributed by atoms with Crippen LogP contribution in [0.5, 0.6) is 17.2 Å². The summed E-state index contributed by atoms with van der Waals surface area (Å²) in [5.41, 5.74) is 1.23. The molecule has 0 spiro atoms. The zero-order valence-electron chi connectivity index (χ0n) is 18.7. The highest BCUT2D eigenvalue weighted by Gasteiger charge is 2.35. The lowest BCUT2D eigenvalue weighted by atomic mass is 10.2. The molecule has 1 atom stereocenters. The van der Waals surface area contributed by atoms with Crippen molar-refractivity contribution in [2.75, 3.05) is 31.3 Å². The number of benzene rings is 2. The van der Waals surface area contributed by atoms with Gasteiger partial charge in [0.25, 0.3) is 17.1 Å². The number of nitrogens with one attached hydrogen (secondary N) is 1. The number of hydrogen-bond donors (Lipinski definition) is 1. The lowest BCUT2D eigenvalue weighted by Crippen LogP contribution is -2.49. The Bertz CT molecular complexity index is 1260. The van der Waals surface area contributed by atoms with Gasteiger partial charge in [0.2, 0.25) is 12.7 Å². The van der Waals surface area contributed by atoms with Gasteiger partial charge in [0, 0.05) is 13.1 Å². The van der Waals surface area contributed by atoms with Gasteiger partial charge in [-0.1, -0.05) is 18.2 Å². The molecule has 10 nitrogen and oxygen atoms in total. The molecule has 11 heteroatoms. The summed E-state index contributed by atoms with van der Waals surface area (Å²) in [5.74, 6) is 0.570. The van der Waals surface area contributed by atoms with Crippen molar-refractivity contribution in [3.63, 3.8) is 0 Å². The Morgan fingerprint density at radius 2 is 1.89 bits per heavy atom. The van der Waals surface area contributed by atoms with E-state index in [-0.39, 0.29) is 37.2 Å². The van der Waals surface area contributed by atoms with E-state index in [1.54, 1.807) is 55.5 Å². The van der Waals surface area contributed by atoms with Crippen LogP contribution in [0.2, 0.25) is 0 Å². The van der Waals surface area contributed by atoms with E-state index in [1.807, 2.05) is 0 Å². The molecule has 1 saturated heterocycles. The summed E-state index contributed by atoms with van der Waals surface area (Å²) in [5, 5.41) is 2.26. The van der Waals surface area contributed by atoms with Crippen molar-refractivity contribution in [3.8, 4) is 17.2 Å². The summed E-state index contributed by atoms with van der Waals surface area (Å²) in [4.78, 5) is 52.9. The number of hydrogen-bond acceptors (Lipinski definition) is 8. The molecule has 3 aliphatic rings. The minimum atomic E-state index is -0.704. The van der Waals surface area contributed by atoms with Crippen molar-refractivity contribution in [1.29, 1.82) is 0 Å². The number of carbonyl (C=O) groups is 4. The number of rotatable bonds is 6. The van der Waals surface area contributed by atoms with E-state index in [1.165, 1.54) is 4.90 Å². The fraction of sp³-hybridized carbons (Fsp3) is 0.250. The number of anilines is 1. The van der Waals surface area contributed by atoms with Crippen LogP contribution >= 0.6 is 11.8 Å². The van der Waals surface area contributed by atoms with Crippen LogP contribution in [-0.4, -0.2) is 60.4 Å². The average molecular weight is 496 g/mol. The van der Waals surface area contributed by atoms with Crippen LogP contribution in [0.4, 0.5) is 10.5 Å². The summed E-state index contributed by atoms with van der Waals surface area (Å²) < 4.78 is 16.2.